The molecule has 1 nitrogen and oxygen atoms in total. The maximum atomic E-state index is 2.22. The van der Waals surface area contributed by atoms with Gasteiger partial charge in [0, 0.05) is 1.43 Å². The highest BCUT2D eigenvalue weighted by Gasteiger charge is 1.92. The van der Waals surface area contributed by atoms with Crippen LogP contribution in [0.4, 0.5) is 0 Å². The van der Waals surface area contributed by atoms with Gasteiger partial charge in [-0.1, -0.05) is 0 Å². The SMILES string of the molecule is CC[NH+](CC)CC.[HH]. The summed E-state index contributed by atoms with van der Waals surface area (Å²) in [6, 6.07) is 0. The summed E-state index contributed by atoms with van der Waals surface area (Å²) in [4.78, 5) is 1.68. The molecule has 0 unspecified atom stereocenters. The van der Waals surface area contributed by atoms with Crippen molar-refractivity contribution in [3.05, 3.63) is 0 Å². The largest absolute Gasteiger partial charge is 0.336 e. The Hall–Kier alpha value is -0.0400. The first kappa shape index (κ1) is 6.96. The summed E-state index contributed by atoms with van der Waals surface area (Å²) in [5.74, 6) is 0. The van der Waals surface area contributed by atoms with Gasteiger partial charge < -0.3 is 4.90 Å². The number of hydrogen-bond acceptors (Lipinski definition) is 0. The van der Waals surface area contributed by atoms with Gasteiger partial charge in [0.2, 0.25) is 0 Å². The van der Waals surface area contributed by atoms with Crippen LogP contribution in [0.25, 0.3) is 0 Å². The summed E-state index contributed by atoms with van der Waals surface area (Å²) in [7, 11) is 0. The van der Waals surface area contributed by atoms with E-state index >= 15 is 0 Å². The molecule has 0 heterocycles. The van der Waals surface area contributed by atoms with E-state index in [-0.39, 0.29) is 1.43 Å². The van der Waals surface area contributed by atoms with E-state index in [4.69, 9.17) is 0 Å². The van der Waals surface area contributed by atoms with E-state index in [1.54, 1.807) is 4.90 Å². The summed E-state index contributed by atoms with van der Waals surface area (Å²) in [5, 5.41) is 0. The zero-order chi connectivity index (χ0) is 5.70. The molecule has 0 rings (SSSR count). The van der Waals surface area contributed by atoms with Gasteiger partial charge in [-0.25, -0.2) is 0 Å². The lowest BCUT2D eigenvalue weighted by atomic mass is 10.5. The van der Waals surface area contributed by atoms with Gasteiger partial charge in [0.05, 0.1) is 19.6 Å². The number of nitrogens with one attached hydrogen (secondary N) is 1. The standard InChI is InChI=1S/C6H15N.H2/c1-4-7(5-2)6-3;/h4-6H2,1-3H3;1H/p+1. The molecule has 1 heteroatoms. The van der Waals surface area contributed by atoms with Crippen LogP contribution in [0.2, 0.25) is 0 Å². The van der Waals surface area contributed by atoms with Crippen LogP contribution in [-0.2, 0) is 0 Å². The lowest BCUT2D eigenvalue weighted by molar-refractivity contribution is -0.894. The fourth-order valence-electron chi connectivity index (χ4n) is 0.750. The van der Waals surface area contributed by atoms with Crippen molar-refractivity contribution in [3.63, 3.8) is 0 Å². The van der Waals surface area contributed by atoms with E-state index in [0.717, 1.165) is 0 Å². The minimum absolute atomic E-state index is 0. The number of hydrogen-bond donors (Lipinski definition) is 1. The Morgan fingerprint density at radius 1 is 1.00 bits per heavy atom. The van der Waals surface area contributed by atoms with Crippen molar-refractivity contribution in [2.45, 2.75) is 20.8 Å². The van der Waals surface area contributed by atoms with Crippen molar-refractivity contribution in [3.8, 4) is 0 Å². The molecule has 0 saturated carbocycles. The highest BCUT2D eigenvalue weighted by atomic mass is 15.1. The molecule has 0 aliphatic heterocycles. The summed E-state index contributed by atoms with van der Waals surface area (Å²) in [6.07, 6.45) is 0. The third kappa shape index (κ3) is 2.63. The molecular weight excluding hydrogens is 86.1 g/mol. The van der Waals surface area contributed by atoms with E-state index < -0.39 is 0 Å². The topological polar surface area (TPSA) is 4.44 Å². The molecule has 0 aromatic rings. The van der Waals surface area contributed by atoms with Gasteiger partial charge in [-0.3, -0.25) is 0 Å². The van der Waals surface area contributed by atoms with E-state index in [2.05, 4.69) is 20.8 Å². The van der Waals surface area contributed by atoms with Gasteiger partial charge in [0.25, 0.3) is 0 Å². The van der Waals surface area contributed by atoms with E-state index in [9.17, 15) is 0 Å². The molecule has 0 spiro atoms. The minimum Gasteiger partial charge on any atom is -0.336 e. The van der Waals surface area contributed by atoms with Crippen LogP contribution in [0, 0.1) is 0 Å². The summed E-state index contributed by atoms with van der Waals surface area (Å²) in [6.45, 7) is 10.5. The second kappa shape index (κ2) is 4.13. The van der Waals surface area contributed by atoms with Crippen LogP contribution in [0.15, 0.2) is 0 Å². The average molecular weight is 104 g/mol. The Kier molecular flexibility index (Phi) is 4.10. The molecule has 0 saturated heterocycles. The van der Waals surface area contributed by atoms with Crippen LogP contribution in [0.1, 0.15) is 22.2 Å². The lowest BCUT2D eigenvalue weighted by Crippen LogP contribution is -3.11. The molecule has 0 radical (unpaired) electrons. The predicted molar refractivity (Wildman–Crippen MR) is 34.7 cm³/mol. The smallest absolute Gasteiger partial charge is 0.0742 e. The normalized spacial score (nSPS) is 10.3. The average Bonchev–Trinajstić information content (AvgIpc) is 1.72. The Bertz CT molecular complexity index is 30.0. The lowest BCUT2D eigenvalue weighted by Gasteiger charge is -2.10. The zero-order valence-corrected chi connectivity index (χ0v) is 5.62. The molecule has 1 N–H and O–H groups in total. The van der Waals surface area contributed by atoms with E-state index in [1.165, 1.54) is 19.6 Å². The molecule has 46 valence electrons. The monoisotopic (exact) mass is 104 g/mol. The van der Waals surface area contributed by atoms with Gasteiger partial charge in [-0.2, -0.15) is 0 Å². The first-order valence-corrected chi connectivity index (χ1v) is 3.18. The quantitative estimate of drug-likeness (QED) is 0.521. The fourth-order valence-corrected chi connectivity index (χ4v) is 0.750. The highest BCUT2D eigenvalue weighted by Crippen LogP contribution is 1.45. The van der Waals surface area contributed by atoms with Crippen LogP contribution < -0.4 is 4.90 Å². The third-order valence-electron chi connectivity index (χ3n) is 1.50. The van der Waals surface area contributed by atoms with Gasteiger partial charge in [0.1, 0.15) is 0 Å². The maximum Gasteiger partial charge on any atom is 0.0742 e. The van der Waals surface area contributed by atoms with E-state index in [1.807, 2.05) is 0 Å². The van der Waals surface area contributed by atoms with Crippen LogP contribution in [-0.4, -0.2) is 19.6 Å². The Morgan fingerprint density at radius 3 is 1.29 bits per heavy atom. The molecule has 0 fully saturated rings. The molecule has 0 aromatic carbocycles. The van der Waals surface area contributed by atoms with Gasteiger partial charge >= 0.3 is 0 Å². The molecule has 0 aliphatic carbocycles. The van der Waals surface area contributed by atoms with Crippen molar-refractivity contribution in [2.24, 2.45) is 0 Å². The second-order valence-electron chi connectivity index (χ2n) is 1.81. The van der Waals surface area contributed by atoms with E-state index in [0.29, 0.717) is 0 Å². The van der Waals surface area contributed by atoms with Crippen molar-refractivity contribution in [2.75, 3.05) is 19.6 Å². The second-order valence-corrected chi connectivity index (χ2v) is 1.81. The number of quaternary nitrogens is 1. The van der Waals surface area contributed by atoms with Crippen molar-refractivity contribution < 1.29 is 6.33 Å². The van der Waals surface area contributed by atoms with Gasteiger partial charge in [-0.05, 0) is 20.8 Å². The maximum absolute atomic E-state index is 2.22. The zero-order valence-electron chi connectivity index (χ0n) is 5.62. The molecule has 7 heavy (non-hydrogen) atoms. The van der Waals surface area contributed by atoms with Crippen LogP contribution in [0.5, 0.6) is 0 Å². The fraction of sp³-hybridized carbons (Fsp3) is 1.00. The van der Waals surface area contributed by atoms with Crippen molar-refractivity contribution in [1.29, 1.82) is 0 Å². The first-order valence-electron chi connectivity index (χ1n) is 3.18. The molecular formula is C6H18N+. The molecule has 0 aromatic heterocycles. The summed E-state index contributed by atoms with van der Waals surface area (Å²) in [5.41, 5.74) is 0. The predicted octanol–water partition coefficient (Wildman–Crippen LogP) is 0.177. The summed E-state index contributed by atoms with van der Waals surface area (Å²) >= 11 is 0. The molecule has 0 aliphatic rings. The Labute approximate surface area is 47.8 Å². The van der Waals surface area contributed by atoms with Crippen LogP contribution in [0.3, 0.4) is 0 Å². The van der Waals surface area contributed by atoms with Crippen molar-refractivity contribution >= 4 is 0 Å². The Morgan fingerprint density at radius 2 is 1.29 bits per heavy atom. The van der Waals surface area contributed by atoms with Crippen molar-refractivity contribution in [1.82, 2.24) is 0 Å². The molecule has 0 bridgehead atoms. The molecule has 0 atom stereocenters. The Balaban J connectivity index is 0. The minimum atomic E-state index is 0. The molecule has 0 amide bonds. The first-order chi connectivity index (χ1) is 3.35. The highest BCUT2D eigenvalue weighted by molar-refractivity contribution is 4.11. The van der Waals surface area contributed by atoms with Gasteiger partial charge in [0.15, 0.2) is 0 Å². The van der Waals surface area contributed by atoms with Gasteiger partial charge in [-0.15, -0.1) is 0 Å². The third-order valence-corrected chi connectivity index (χ3v) is 1.50. The van der Waals surface area contributed by atoms with Crippen LogP contribution >= 0.6 is 0 Å². The summed E-state index contributed by atoms with van der Waals surface area (Å²) < 4.78 is 0. The number of rotatable bonds is 3.